The van der Waals surface area contributed by atoms with Crippen molar-refractivity contribution < 1.29 is 18.9 Å². The minimum absolute atomic E-state index is 0.491. The standard InChI is InChI=1S/C32H31NO4/c1-34-30-18-25(13-14-29(30)36-21-23-9-5-3-6-10-23)17-28-27-20-31(35-2)32(19-26(27)15-16-33-28)37-22-24-11-7-4-8-12-24/h3-14,18-20H,15-17,21-22H2,1-2H3. The molecule has 0 aliphatic carbocycles. The van der Waals surface area contributed by atoms with Crippen LogP contribution in [-0.4, -0.2) is 26.5 Å². The van der Waals surface area contributed by atoms with Crippen molar-refractivity contribution >= 4 is 5.71 Å². The fraction of sp³-hybridized carbons (Fsp3) is 0.219. The van der Waals surface area contributed by atoms with Gasteiger partial charge in [0.2, 0.25) is 0 Å². The summed E-state index contributed by atoms with van der Waals surface area (Å²) in [5.41, 5.74) is 6.72. The third kappa shape index (κ3) is 5.95. The van der Waals surface area contributed by atoms with Crippen molar-refractivity contribution in [3.8, 4) is 23.0 Å². The van der Waals surface area contributed by atoms with Gasteiger partial charge in [-0.2, -0.15) is 0 Å². The Kier molecular flexibility index (Phi) is 7.70. The zero-order chi connectivity index (χ0) is 25.5. The largest absolute Gasteiger partial charge is 0.493 e. The van der Waals surface area contributed by atoms with E-state index in [0.29, 0.717) is 31.1 Å². The summed E-state index contributed by atoms with van der Waals surface area (Å²) < 4.78 is 23.5. The molecule has 1 aliphatic heterocycles. The van der Waals surface area contributed by atoms with Crippen LogP contribution in [0.4, 0.5) is 0 Å². The Balaban J connectivity index is 1.32. The smallest absolute Gasteiger partial charge is 0.161 e. The van der Waals surface area contributed by atoms with Gasteiger partial charge in [-0.25, -0.2) is 0 Å². The molecule has 0 radical (unpaired) electrons. The van der Waals surface area contributed by atoms with Crippen LogP contribution in [0.2, 0.25) is 0 Å². The Hall–Kier alpha value is -4.25. The molecule has 0 saturated heterocycles. The van der Waals surface area contributed by atoms with E-state index in [1.807, 2.05) is 60.7 Å². The minimum Gasteiger partial charge on any atom is -0.493 e. The van der Waals surface area contributed by atoms with Crippen LogP contribution in [0.15, 0.2) is 96.0 Å². The summed E-state index contributed by atoms with van der Waals surface area (Å²) in [6, 6.07) is 30.5. The van der Waals surface area contributed by atoms with Gasteiger partial charge in [-0.05, 0) is 52.9 Å². The predicted octanol–water partition coefficient (Wildman–Crippen LogP) is 6.45. The Morgan fingerprint density at radius 2 is 1.24 bits per heavy atom. The molecule has 1 heterocycles. The highest BCUT2D eigenvalue weighted by molar-refractivity contribution is 6.04. The summed E-state index contributed by atoms with van der Waals surface area (Å²) in [6.45, 7) is 1.74. The Morgan fingerprint density at radius 3 is 1.89 bits per heavy atom. The van der Waals surface area contributed by atoms with E-state index in [-0.39, 0.29) is 0 Å². The average molecular weight is 494 g/mol. The van der Waals surface area contributed by atoms with Crippen molar-refractivity contribution in [1.82, 2.24) is 0 Å². The fourth-order valence-electron chi connectivity index (χ4n) is 4.50. The average Bonchev–Trinajstić information content (AvgIpc) is 2.96. The number of aliphatic imine (C=N–C) groups is 1. The Labute approximate surface area is 218 Å². The molecule has 4 aromatic rings. The van der Waals surface area contributed by atoms with Gasteiger partial charge in [0, 0.05) is 24.2 Å². The lowest BCUT2D eigenvalue weighted by atomic mass is 9.93. The Morgan fingerprint density at radius 1 is 0.622 bits per heavy atom. The van der Waals surface area contributed by atoms with Crippen LogP contribution in [-0.2, 0) is 26.1 Å². The van der Waals surface area contributed by atoms with Crippen LogP contribution in [0.3, 0.4) is 0 Å². The van der Waals surface area contributed by atoms with E-state index in [4.69, 9.17) is 23.9 Å². The van der Waals surface area contributed by atoms with Gasteiger partial charge in [-0.15, -0.1) is 0 Å². The second kappa shape index (κ2) is 11.7. The summed E-state index contributed by atoms with van der Waals surface area (Å²) in [7, 11) is 3.35. The van der Waals surface area contributed by atoms with E-state index >= 15 is 0 Å². The third-order valence-corrected chi connectivity index (χ3v) is 6.46. The van der Waals surface area contributed by atoms with Crippen molar-refractivity contribution in [2.75, 3.05) is 20.8 Å². The first-order valence-corrected chi connectivity index (χ1v) is 12.5. The molecule has 0 unspecified atom stereocenters. The molecule has 5 heteroatoms. The predicted molar refractivity (Wildman–Crippen MR) is 146 cm³/mol. The van der Waals surface area contributed by atoms with Gasteiger partial charge in [0.05, 0.1) is 14.2 Å². The first-order chi connectivity index (χ1) is 18.2. The molecule has 0 aromatic heterocycles. The van der Waals surface area contributed by atoms with E-state index in [1.165, 1.54) is 5.56 Å². The monoisotopic (exact) mass is 493 g/mol. The maximum atomic E-state index is 6.14. The van der Waals surface area contributed by atoms with Gasteiger partial charge in [-0.3, -0.25) is 4.99 Å². The second-order valence-electron chi connectivity index (χ2n) is 8.95. The lowest BCUT2D eigenvalue weighted by molar-refractivity contribution is 0.284. The number of fused-ring (bicyclic) bond motifs is 1. The minimum atomic E-state index is 0.491. The maximum absolute atomic E-state index is 6.14. The molecule has 0 atom stereocenters. The van der Waals surface area contributed by atoms with Gasteiger partial charge in [-0.1, -0.05) is 66.7 Å². The molecule has 0 fully saturated rings. The number of nitrogens with zero attached hydrogens (tertiary/aromatic N) is 1. The SMILES string of the molecule is COc1cc(CC2=NCCc3cc(OCc4ccccc4)c(OC)cc32)ccc1OCc1ccccc1. The molecule has 0 bridgehead atoms. The molecule has 0 spiro atoms. The summed E-state index contributed by atoms with van der Waals surface area (Å²) >= 11 is 0. The Bertz CT molecular complexity index is 1370. The van der Waals surface area contributed by atoms with Gasteiger partial charge < -0.3 is 18.9 Å². The summed E-state index contributed by atoms with van der Waals surface area (Å²) in [5, 5.41) is 0. The molecule has 5 rings (SSSR count). The molecule has 1 aliphatic rings. The molecule has 0 amide bonds. The van der Waals surface area contributed by atoms with Crippen molar-refractivity contribution in [2.24, 2.45) is 4.99 Å². The van der Waals surface area contributed by atoms with Crippen molar-refractivity contribution in [1.29, 1.82) is 0 Å². The molecule has 4 aromatic carbocycles. The van der Waals surface area contributed by atoms with Crippen LogP contribution >= 0.6 is 0 Å². The molecule has 188 valence electrons. The quantitative estimate of drug-likeness (QED) is 0.255. The summed E-state index contributed by atoms with van der Waals surface area (Å²) in [4.78, 5) is 4.87. The molecule has 37 heavy (non-hydrogen) atoms. The van der Waals surface area contributed by atoms with E-state index in [1.54, 1.807) is 14.2 Å². The van der Waals surface area contributed by atoms with E-state index in [0.717, 1.165) is 52.4 Å². The van der Waals surface area contributed by atoms with E-state index in [2.05, 4.69) is 30.3 Å². The highest BCUT2D eigenvalue weighted by Crippen LogP contribution is 2.35. The van der Waals surface area contributed by atoms with Gasteiger partial charge in [0.1, 0.15) is 13.2 Å². The fourth-order valence-corrected chi connectivity index (χ4v) is 4.50. The maximum Gasteiger partial charge on any atom is 0.161 e. The van der Waals surface area contributed by atoms with Crippen LogP contribution in [0, 0.1) is 0 Å². The first-order valence-electron chi connectivity index (χ1n) is 12.5. The third-order valence-electron chi connectivity index (χ3n) is 6.46. The lowest BCUT2D eigenvalue weighted by Gasteiger charge is -2.21. The summed E-state index contributed by atoms with van der Waals surface area (Å²) in [6.07, 6.45) is 1.57. The number of hydrogen-bond acceptors (Lipinski definition) is 5. The van der Waals surface area contributed by atoms with Gasteiger partial charge in [0.25, 0.3) is 0 Å². The van der Waals surface area contributed by atoms with Crippen molar-refractivity contribution in [3.05, 3.63) is 119 Å². The van der Waals surface area contributed by atoms with Crippen molar-refractivity contribution in [2.45, 2.75) is 26.1 Å². The van der Waals surface area contributed by atoms with Gasteiger partial charge in [0.15, 0.2) is 23.0 Å². The van der Waals surface area contributed by atoms with Crippen LogP contribution in [0.25, 0.3) is 0 Å². The molecule has 0 N–H and O–H groups in total. The molecular formula is C32H31NO4. The first kappa shape index (κ1) is 24.4. The number of hydrogen-bond donors (Lipinski definition) is 0. The van der Waals surface area contributed by atoms with Crippen LogP contribution in [0.5, 0.6) is 23.0 Å². The van der Waals surface area contributed by atoms with E-state index in [9.17, 15) is 0 Å². The second-order valence-corrected chi connectivity index (χ2v) is 8.95. The topological polar surface area (TPSA) is 49.3 Å². The number of rotatable bonds is 10. The molecule has 0 saturated carbocycles. The zero-order valence-corrected chi connectivity index (χ0v) is 21.3. The molecule has 5 nitrogen and oxygen atoms in total. The molecular weight excluding hydrogens is 462 g/mol. The normalized spacial score (nSPS) is 12.3. The highest BCUT2D eigenvalue weighted by Gasteiger charge is 2.20. The number of methoxy groups -OCH3 is 2. The highest BCUT2D eigenvalue weighted by atomic mass is 16.5. The summed E-state index contributed by atoms with van der Waals surface area (Å²) in [5.74, 6) is 2.91. The van der Waals surface area contributed by atoms with Gasteiger partial charge >= 0.3 is 0 Å². The number of ether oxygens (including phenoxy) is 4. The van der Waals surface area contributed by atoms with Crippen LogP contribution in [0.1, 0.15) is 27.8 Å². The zero-order valence-electron chi connectivity index (χ0n) is 21.3. The van der Waals surface area contributed by atoms with E-state index < -0.39 is 0 Å². The number of benzene rings is 4. The lowest BCUT2D eigenvalue weighted by Crippen LogP contribution is -2.16. The van der Waals surface area contributed by atoms with Crippen LogP contribution < -0.4 is 18.9 Å². The van der Waals surface area contributed by atoms with Crippen molar-refractivity contribution in [3.63, 3.8) is 0 Å².